The minimum atomic E-state index is 0.715. The summed E-state index contributed by atoms with van der Waals surface area (Å²) in [6, 6.07) is 16.3. The van der Waals surface area contributed by atoms with Crippen molar-refractivity contribution in [3.63, 3.8) is 0 Å². The van der Waals surface area contributed by atoms with Gasteiger partial charge in [0.05, 0.1) is 11.6 Å². The van der Waals surface area contributed by atoms with Crippen LogP contribution in [0.4, 0.5) is 5.69 Å². The van der Waals surface area contributed by atoms with Crippen LogP contribution in [-0.2, 0) is 6.54 Å². The zero-order chi connectivity index (χ0) is 13.0. The van der Waals surface area contributed by atoms with E-state index in [9.17, 15) is 0 Å². The third kappa shape index (κ3) is 2.89. The quantitative estimate of drug-likeness (QED) is 0.880. The molecule has 0 heterocycles. The van der Waals surface area contributed by atoms with E-state index in [1.54, 1.807) is 0 Å². The Kier molecular flexibility index (Phi) is 3.64. The number of rotatable bonds is 3. The highest BCUT2D eigenvalue weighted by Crippen LogP contribution is 2.14. The highest BCUT2D eigenvalue weighted by Gasteiger charge is 2.00. The summed E-state index contributed by atoms with van der Waals surface area (Å²) in [7, 11) is 0. The molecule has 0 saturated heterocycles. The Morgan fingerprint density at radius 2 is 1.94 bits per heavy atom. The first-order valence-electron chi connectivity index (χ1n) is 5.99. The van der Waals surface area contributed by atoms with Crippen LogP contribution in [-0.4, -0.2) is 0 Å². The summed E-state index contributed by atoms with van der Waals surface area (Å²) >= 11 is 0. The molecular formula is C16H16N2. The van der Waals surface area contributed by atoms with E-state index < -0.39 is 0 Å². The van der Waals surface area contributed by atoms with Gasteiger partial charge in [-0.15, -0.1) is 0 Å². The first-order valence-corrected chi connectivity index (χ1v) is 5.99. The van der Waals surface area contributed by atoms with Crippen LogP contribution >= 0.6 is 0 Å². The number of nitriles is 1. The average molecular weight is 236 g/mol. The molecule has 2 heteroatoms. The van der Waals surface area contributed by atoms with Crippen molar-refractivity contribution in [2.24, 2.45) is 0 Å². The SMILES string of the molecule is Cc1cccc(NCc2ccc(C#N)cc2C)c1. The van der Waals surface area contributed by atoms with E-state index in [0.717, 1.165) is 17.8 Å². The lowest BCUT2D eigenvalue weighted by Gasteiger charge is -2.09. The molecule has 0 aromatic heterocycles. The highest BCUT2D eigenvalue weighted by molar-refractivity contribution is 5.47. The largest absolute Gasteiger partial charge is 0.381 e. The summed E-state index contributed by atoms with van der Waals surface area (Å²) < 4.78 is 0. The smallest absolute Gasteiger partial charge is 0.0991 e. The van der Waals surface area contributed by atoms with Crippen molar-refractivity contribution in [3.05, 3.63) is 64.7 Å². The van der Waals surface area contributed by atoms with Crippen molar-refractivity contribution in [2.45, 2.75) is 20.4 Å². The van der Waals surface area contributed by atoms with Gasteiger partial charge in [-0.05, 0) is 54.8 Å². The van der Waals surface area contributed by atoms with Gasteiger partial charge in [-0.2, -0.15) is 5.26 Å². The Morgan fingerprint density at radius 3 is 2.61 bits per heavy atom. The van der Waals surface area contributed by atoms with Gasteiger partial charge in [0.2, 0.25) is 0 Å². The first-order chi connectivity index (χ1) is 8.69. The van der Waals surface area contributed by atoms with E-state index >= 15 is 0 Å². The van der Waals surface area contributed by atoms with Crippen LogP contribution in [0.25, 0.3) is 0 Å². The van der Waals surface area contributed by atoms with Crippen molar-refractivity contribution in [3.8, 4) is 6.07 Å². The zero-order valence-corrected chi connectivity index (χ0v) is 10.7. The van der Waals surface area contributed by atoms with Crippen molar-refractivity contribution in [1.82, 2.24) is 0 Å². The first kappa shape index (κ1) is 12.2. The van der Waals surface area contributed by atoms with Crippen molar-refractivity contribution < 1.29 is 0 Å². The van der Waals surface area contributed by atoms with E-state index in [-0.39, 0.29) is 0 Å². The Hall–Kier alpha value is -2.27. The van der Waals surface area contributed by atoms with Crippen molar-refractivity contribution in [1.29, 1.82) is 5.26 Å². The number of benzene rings is 2. The van der Waals surface area contributed by atoms with Gasteiger partial charge < -0.3 is 5.32 Å². The molecule has 0 fully saturated rings. The molecule has 0 aliphatic carbocycles. The summed E-state index contributed by atoms with van der Waals surface area (Å²) in [6.07, 6.45) is 0. The van der Waals surface area contributed by atoms with Gasteiger partial charge in [0.15, 0.2) is 0 Å². The standard InChI is InChI=1S/C16H16N2/c1-12-4-3-5-16(8-12)18-11-15-7-6-14(10-17)9-13(15)2/h3-9,18H,11H2,1-2H3. The minimum absolute atomic E-state index is 0.715. The fourth-order valence-corrected chi connectivity index (χ4v) is 1.92. The number of anilines is 1. The number of nitrogens with zero attached hydrogens (tertiary/aromatic N) is 1. The topological polar surface area (TPSA) is 35.8 Å². The lowest BCUT2D eigenvalue weighted by Crippen LogP contribution is -2.01. The highest BCUT2D eigenvalue weighted by atomic mass is 14.9. The molecule has 2 nitrogen and oxygen atoms in total. The molecule has 0 unspecified atom stereocenters. The molecular weight excluding hydrogens is 220 g/mol. The molecule has 2 rings (SSSR count). The fourth-order valence-electron chi connectivity index (χ4n) is 1.92. The summed E-state index contributed by atoms with van der Waals surface area (Å²) in [4.78, 5) is 0. The van der Waals surface area contributed by atoms with Gasteiger partial charge in [-0.25, -0.2) is 0 Å². The molecule has 90 valence electrons. The summed E-state index contributed by atoms with van der Waals surface area (Å²) in [5.74, 6) is 0. The monoisotopic (exact) mass is 236 g/mol. The van der Waals surface area contributed by atoms with Gasteiger partial charge >= 0.3 is 0 Å². The van der Waals surface area contributed by atoms with Crippen LogP contribution in [0, 0.1) is 25.2 Å². The molecule has 0 saturated carbocycles. The normalized spacial score (nSPS) is 9.83. The van der Waals surface area contributed by atoms with E-state index in [4.69, 9.17) is 5.26 Å². The van der Waals surface area contributed by atoms with Gasteiger partial charge in [0.1, 0.15) is 0 Å². The van der Waals surface area contributed by atoms with Crippen LogP contribution in [0.3, 0.4) is 0 Å². The van der Waals surface area contributed by atoms with Crippen LogP contribution in [0.15, 0.2) is 42.5 Å². The molecule has 0 aliphatic heterocycles. The molecule has 1 N–H and O–H groups in total. The molecule has 0 spiro atoms. The molecule has 0 bridgehead atoms. The number of hydrogen-bond donors (Lipinski definition) is 1. The Bertz CT molecular complexity index is 594. The van der Waals surface area contributed by atoms with E-state index in [1.165, 1.54) is 11.1 Å². The molecule has 0 aliphatic rings. The number of nitrogens with one attached hydrogen (secondary N) is 1. The zero-order valence-electron chi connectivity index (χ0n) is 10.7. The maximum Gasteiger partial charge on any atom is 0.0991 e. The second-order valence-corrected chi connectivity index (χ2v) is 4.48. The third-order valence-electron chi connectivity index (χ3n) is 2.97. The van der Waals surface area contributed by atoms with E-state index in [1.807, 2.05) is 31.2 Å². The predicted octanol–water partition coefficient (Wildman–Crippen LogP) is 3.79. The van der Waals surface area contributed by atoms with Gasteiger partial charge in [0, 0.05) is 12.2 Å². The molecule has 18 heavy (non-hydrogen) atoms. The van der Waals surface area contributed by atoms with Crippen molar-refractivity contribution >= 4 is 5.69 Å². The second-order valence-electron chi connectivity index (χ2n) is 4.48. The molecule has 2 aromatic rings. The molecule has 2 aromatic carbocycles. The average Bonchev–Trinajstić information content (AvgIpc) is 2.37. The predicted molar refractivity (Wildman–Crippen MR) is 74.4 cm³/mol. The van der Waals surface area contributed by atoms with E-state index in [0.29, 0.717) is 5.56 Å². The number of hydrogen-bond acceptors (Lipinski definition) is 2. The van der Waals surface area contributed by atoms with Crippen molar-refractivity contribution in [2.75, 3.05) is 5.32 Å². The van der Waals surface area contributed by atoms with Crippen LogP contribution in [0.5, 0.6) is 0 Å². The number of aryl methyl sites for hydroxylation is 2. The third-order valence-corrected chi connectivity index (χ3v) is 2.97. The summed E-state index contributed by atoms with van der Waals surface area (Å²) in [6.45, 7) is 4.90. The van der Waals surface area contributed by atoms with Gasteiger partial charge in [-0.3, -0.25) is 0 Å². The van der Waals surface area contributed by atoms with Crippen LogP contribution in [0.2, 0.25) is 0 Å². The van der Waals surface area contributed by atoms with Crippen LogP contribution in [0.1, 0.15) is 22.3 Å². The fraction of sp³-hybridized carbons (Fsp3) is 0.188. The molecule has 0 radical (unpaired) electrons. The second kappa shape index (κ2) is 5.37. The minimum Gasteiger partial charge on any atom is -0.381 e. The summed E-state index contributed by atoms with van der Waals surface area (Å²) in [5, 5.41) is 12.2. The lowest BCUT2D eigenvalue weighted by atomic mass is 10.1. The Balaban J connectivity index is 2.09. The van der Waals surface area contributed by atoms with Gasteiger partial charge in [-0.1, -0.05) is 18.2 Å². The Labute approximate surface area is 108 Å². The van der Waals surface area contributed by atoms with Crippen LogP contribution < -0.4 is 5.32 Å². The summed E-state index contributed by atoms with van der Waals surface area (Å²) in [5.41, 5.74) is 5.45. The molecule has 0 amide bonds. The lowest BCUT2D eigenvalue weighted by molar-refractivity contribution is 1.11. The van der Waals surface area contributed by atoms with Gasteiger partial charge in [0.25, 0.3) is 0 Å². The maximum atomic E-state index is 8.83. The van der Waals surface area contributed by atoms with E-state index in [2.05, 4.69) is 36.5 Å². The Morgan fingerprint density at radius 1 is 1.11 bits per heavy atom. The maximum absolute atomic E-state index is 8.83. The molecule has 0 atom stereocenters.